The van der Waals surface area contributed by atoms with Crippen molar-refractivity contribution in [1.82, 2.24) is 10.3 Å². The Labute approximate surface area is 129 Å². The molecule has 0 saturated heterocycles. The lowest BCUT2D eigenvalue weighted by molar-refractivity contribution is 0.0963. The second kappa shape index (κ2) is 7.42. The van der Waals surface area contributed by atoms with Crippen molar-refractivity contribution in [2.45, 2.75) is 6.10 Å². The van der Waals surface area contributed by atoms with Crippen LogP contribution < -0.4 is 15.4 Å². The molecular formula is C16H19N3O3. The van der Waals surface area contributed by atoms with Crippen LogP contribution in [0.15, 0.2) is 42.6 Å². The van der Waals surface area contributed by atoms with Crippen molar-refractivity contribution in [3.63, 3.8) is 0 Å². The fourth-order valence-electron chi connectivity index (χ4n) is 2.02. The third-order valence-corrected chi connectivity index (χ3v) is 3.22. The zero-order valence-electron chi connectivity index (χ0n) is 12.5. The van der Waals surface area contributed by atoms with Gasteiger partial charge >= 0.3 is 0 Å². The van der Waals surface area contributed by atoms with Crippen molar-refractivity contribution >= 4 is 11.7 Å². The number of nitrogens with zero attached hydrogens (tertiary/aromatic N) is 1. The van der Waals surface area contributed by atoms with E-state index >= 15 is 0 Å². The van der Waals surface area contributed by atoms with Crippen LogP contribution in [0.1, 0.15) is 22.0 Å². The molecule has 1 aromatic carbocycles. The van der Waals surface area contributed by atoms with Gasteiger partial charge in [0.15, 0.2) is 0 Å². The highest BCUT2D eigenvalue weighted by atomic mass is 16.5. The largest absolute Gasteiger partial charge is 0.497 e. The molecule has 0 radical (unpaired) electrons. The molecule has 2 rings (SSSR count). The Bertz CT molecular complexity index is 646. The first-order valence-corrected chi connectivity index (χ1v) is 6.88. The number of nitrogens with one attached hydrogen (secondary N) is 2. The highest BCUT2D eigenvalue weighted by molar-refractivity contribution is 5.98. The predicted molar refractivity (Wildman–Crippen MR) is 84.1 cm³/mol. The number of carbonyl (C=O) groups excluding carboxylic acids is 1. The van der Waals surface area contributed by atoms with Gasteiger partial charge < -0.3 is 20.5 Å². The summed E-state index contributed by atoms with van der Waals surface area (Å²) >= 11 is 0. The molecule has 1 amide bonds. The molecule has 1 atom stereocenters. The number of carbonyl (C=O) groups is 1. The molecule has 2 aromatic rings. The van der Waals surface area contributed by atoms with Gasteiger partial charge in [-0.05, 0) is 29.8 Å². The molecule has 6 heteroatoms. The summed E-state index contributed by atoms with van der Waals surface area (Å²) in [6.07, 6.45) is 0.849. The van der Waals surface area contributed by atoms with Crippen LogP contribution in [0.2, 0.25) is 0 Å². The van der Waals surface area contributed by atoms with Crippen molar-refractivity contribution in [3.05, 3.63) is 53.7 Å². The number of hydrogen-bond donors (Lipinski definition) is 3. The van der Waals surface area contributed by atoms with Crippen LogP contribution in [-0.4, -0.2) is 36.7 Å². The molecule has 1 aromatic heterocycles. The topological polar surface area (TPSA) is 83.5 Å². The van der Waals surface area contributed by atoms with Crippen molar-refractivity contribution in [3.8, 4) is 5.75 Å². The summed E-state index contributed by atoms with van der Waals surface area (Å²) in [5.41, 5.74) is 1.16. The molecule has 0 spiro atoms. The number of aliphatic hydroxyl groups is 1. The quantitative estimate of drug-likeness (QED) is 0.755. The molecule has 116 valence electrons. The molecule has 1 unspecified atom stereocenters. The molecule has 0 aliphatic heterocycles. The van der Waals surface area contributed by atoms with Crippen molar-refractivity contribution in [1.29, 1.82) is 0 Å². The van der Waals surface area contributed by atoms with E-state index in [2.05, 4.69) is 15.6 Å². The lowest BCUT2D eigenvalue weighted by atomic mass is 10.1. The summed E-state index contributed by atoms with van der Waals surface area (Å²) in [6.45, 7) is 0.230. The minimum Gasteiger partial charge on any atom is -0.497 e. The van der Waals surface area contributed by atoms with E-state index in [9.17, 15) is 9.90 Å². The Morgan fingerprint density at radius 1 is 1.36 bits per heavy atom. The van der Waals surface area contributed by atoms with Crippen molar-refractivity contribution < 1.29 is 14.6 Å². The van der Waals surface area contributed by atoms with Gasteiger partial charge in [-0.25, -0.2) is 4.98 Å². The van der Waals surface area contributed by atoms with E-state index in [4.69, 9.17) is 4.74 Å². The lowest BCUT2D eigenvalue weighted by Gasteiger charge is -2.15. The van der Waals surface area contributed by atoms with E-state index < -0.39 is 6.10 Å². The standard InChI is InChI=1S/C16H19N3O3/c1-17-16(21)13-7-4-8-18-15(13)19-10-14(20)11-5-3-6-12(9-11)22-2/h3-9,14,20H,10H2,1-2H3,(H,17,21)(H,18,19). The molecule has 0 aliphatic rings. The highest BCUT2D eigenvalue weighted by Crippen LogP contribution is 2.20. The normalized spacial score (nSPS) is 11.6. The number of ether oxygens (including phenoxy) is 1. The maximum absolute atomic E-state index is 11.8. The minimum atomic E-state index is -0.741. The first-order valence-electron chi connectivity index (χ1n) is 6.88. The smallest absolute Gasteiger partial charge is 0.254 e. The van der Waals surface area contributed by atoms with Crippen LogP contribution in [0.5, 0.6) is 5.75 Å². The first-order chi connectivity index (χ1) is 10.7. The van der Waals surface area contributed by atoms with Gasteiger partial charge in [0.25, 0.3) is 5.91 Å². The Kier molecular flexibility index (Phi) is 5.32. The summed E-state index contributed by atoms with van der Waals surface area (Å²) in [6, 6.07) is 10.6. The summed E-state index contributed by atoms with van der Waals surface area (Å²) in [5, 5.41) is 15.8. The van der Waals surface area contributed by atoms with Crippen LogP contribution in [0, 0.1) is 0 Å². The minimum absolute atomic E-state index is 0.230. The third-order valence-electron chi connectivity index (χ3n) is 3.22. The average molecular weight is 301 g/mol. The molecule has 0 bridgehead atoms. The van der Waals surface area contributed by atoms with E-state index in [0.717, 1.165) is 5.56 Å². The molecule has 6 nitrogen and oxygen atoms in total. The Balaban J connectivity index is 2.08. The third kappa shape index (κ3) is 3.73. The Morgan fingerprint density at radius 3 is 2.91 bits per heavy atom. The number of amides is 1. The van der Waals surface area contributed by atoms with Gasteiger partial charge in [0.05, 0.1) is 18.8 Å². The van der Waals surface area contributed by atoms with Gasteiger partial charge in [-0.2, -0.15) is 0 Å². The van der Waals surface area contributed by atoms with Crippen LogP contribution in [-0.2, 0) is 0 Å². The van der Waals surface area contributed by atoms with Crippen LogP contribution >= 0.6 is 0 Å². The van der Waals surface area contributed by atoms with E-state index in [0.29, 0.717) is 17.1 Å². The zero-order chi connectivity index (χ0) is 15.9. The number of anilines is 1. The van der Waals surface area contributed by atoms with Gasteiger partial charge in [0.1, 0.15) is 11.6 Å². The van der Waals surface area contributed by atoms with Crippen molar-refractivity contribution in [2.24, 2.45) is 0 Å². The Hall–Kier alpha value is -2.60. The van der Waals surface area contributed by atoms with Gasteiger partial charge in [0, 0.05) is 19.8 Å². The molecule has 0 fully saturated rings. The number of hydrogen-bond acceptors (Lipinski definition) is 5. The van der Waals surface area contributed by atoms with E-state index in [1.807, 2.05) is 18.2 Å². The van der Waals surface area contributed by atoms with Crippen LogP contribution in [0.25, 0.3) is 0 Å². The number of aliphatic hydroxyl groups excluding tert-OH is 1. The van der Waals surface area contributed by atoms with E-state index in [-0.39, 0.29) is 12.5 Å². The fourth-order valence-corrected chi connectivity index (χ4v) is 2.02. The van der Waals surface area contributed by atoms with Gasteiger partial charge in [-0.3, -0.25) is 4.79 Å². The maximum Gasteiger partial charge on any atom is 0.254 e. The summed E-state index contributed by atoms with van der Waals surface area (Å²) in [7, 11) is 3.14. The Morgan fingerprint density at radius 2 is 2.18 bits per heavy atom. The summed E-state index contributed by atoms with van der Waals surface area (Å²) < 4.78 is 5.14. The van der Waals surface area contributed by atoms with E-state index in [1.165, 1.54) is 0 Å². The van der Waals surface area contributed by atoms with Gasteiger partial charge in [-0.15, -0.1) is 0 Å². The first kappa shape index (κ1) is 15.8. The second-order valence-corrected chi connectivity index (χ2v) is 4.65. The summed E-state index contributed by atoms with van der Waals surface area (Å²) in [5.74, 6) is 0.885. The number of methoxy groups -OCH3 is 1. The highest BCUT2D eigenvalue weighted by Gasteiger charge is 2.13. The molecule has 3 N–H and O–H groups in total. The number of pyridine rings is 1. The van der Waals surface area contributed by atoms with E-state index in [1.54, 1.807) is 38.6 Å². The van der Waals surface area contributed by atoms with Gasteiger partial charge in [-0.1, -0.05) is 12.1 Å². The molecule has 1 heterocycles. The second-order valence-electron chi connectivity index (χ2n) is 4.65. The molecular weight excluding hydrogens is 282 g/mol. The average Bonchev–Trinajstić information content (AvgIpc) is 2.59. The molecule has 0 saturated carbocycles. The van der Waals surface area contributed by atoms with Crippen LogP contribution in [0.3, 0.4) is 0 Å². The zero-order valence-corrected chi connectivity index (χ0v) is 12.5. The van der Waals surface area contributed by atoms with Crippen molar-refractivity contribution in [2.75, 3.05) is 26.0 Å². The predicted octanol–water partition coefficient (Wildman–Crippen LogP) is 1.60. The van der Waals surface area contributed by atoms with Gasteiger partial charge in [0.2, 0.25) is 0 Å². The SMILES string of the molecule is CNC(=O)c1cccnc1NCC(O)c1cccc(OC)c1. The molecule has 22 heavy (non-hydrogen) atoms. The number of rotatable bonds is 6. The summed E-state index contributed by atoms with van der Waals surface area (Å²) in [4.78, 5) is 15.9. The van der Waals surface area contributed by atoms with Crippen LogP contribution in [0.4, 0.5) is 5.82 Å². The number of benzene rings is 1. The molecule has 0 aliphatic carbocycles. The lowest BCUT2D eigenvalue weighted by Crippen LogP contribution is -2.21. The fraction of sp³-hybridized carbons (Fsp3) is 0.250. The monoisotopic (exact) mass is 301 g/mol. The maximum atomic E-state index is 11.8. The number of aromatic nitrogens is 1.